The Balaban J connectivity index is 1.47. The fourth-order valence-corrected chi connectivity index (χ4v) is 3.52. The molecule has 5 nitrogen and oxygen atoms in total. The largest absolute Gasteiger partial charge is 0.493 e. The first-order chi connectivity index (χ1) is 11.0. The molecule has 0 N–H and O–H groups in total. The van der Waals surface area contributed by atoms with E-state index in [0.717, 1.165) is 12.2 Å². The van der Waals surface area contributed by atoms with Crippen molar-refractivity contribution in [2.24, 2.45) is 5.92 Å². The predicted molar refractivity (Wildman–Crippen MR) is 88.9 cm³/mol. The van der Waals surface area contributed by atoms with Crippen LogP contribution in [0.2, 0.25) is 0 Å². The quantitative estimate of drug-likeness (QED) is 0.811. The maximum atomic E-state index is 11.3. The van der Waals surface area contributed by atoms with Crippen molar-refractivity contribution >= 4 is 10.0 Å². The van der Waals surface area contributed by atoms with E-state index >= 15 is 0 Å². The molecule has 3 rings (SSSR count). The smallest absolute Gasteiger partial charge is 0.211 e. The Morgan fingerprint density at radius 2 is 1.91 bits per heavy atom. The number of sulfonamides is 1. The van der Waals surface area contributed by atoms with Crippen LogP contribution in [0.1, 0.15) is 11.1 Å². The maximum Gasteiger partial charge on any atom is 0.211 e. The Labute approximate surface area is 137 Å². The van der Waals surface area contributed by atoms with Gasteiger partial charge in [0, 0.05) is 31.4 Å². The molecule has 0 saturated carbocycles. The summed E-state index contributed by atoms with van der Waals surface area (Å²) in [6, 6.07) is 12.0. The van der Waals surface area contributed by atoms with Crippen molar-refractivity contribution in [1.82, 2.24) is 9.29 Å². The maximum absolute atomic E-state index is 11.3. The van der Waals surface area contributed by atoms with E-state index in [1.165, 1.54) is 21.7 Å². The third-order valence-electron chi connectivity index (χ3n) is 3.93. The van der Waals surface area contributed by atoms with E-state index in [1.807, 2.05) is 36.5 Å². The first-order valence-electron chi connectivity index (χ1n) is 7.56. The fraction of sp³-hybridized carbons (Fsp3) is 0.353. The summed E-state index contributed by atoms with van der Waals surface area (Å²) in [5, 5.41) is 0. The number of hydrogen-bond donors (Lipinski definition) is 0. The lowest BCUT2D eigenvalue weighted by Crippen LogP contribution is -2.51. The van der Waals surface area contributed by atoms with Gasteiger partial charge in [-0.1, -0.05) is 18.2 Å². The molecule has 0 bridgehead atoms. The van der Waals surface area contributed by atoms with Crippen LogP contribution in [0.25, 0.3) is 0 Å². The third-order valence-corrected chi connectivity index (χ3v) is 5.17. The van der Waals surface area contributed by atoms with E-state index in [0.29, 0.717) is 19.7 Å². The molecule has 6 heteroatoms. The molecule has 122 valence electrons. The first kappa shape index (κ1) is 16.0. The Morgan fingerprint density at radius 3 is 2.52 bits per heavy atom. The standard InChI is InChI=1S/C17H20N2O3S/c1-23(20,21)19-11-16(12-19)13-22-17-6-4-14(5-7-17)9-15-3-2-8-18-10-15/h2-8,10,16H,9,11-13H2,1H3. The summed E-state index contributed by atoms with van der Waals surface area (Å²) < 4.78 is 29.8. The van der Waals surface area contributed by atoms with Crippen LogP contribution in [0.5, 0.6) is 5.75 Å². The molecule has 0 unspecified atom stereocenters. The highest BCUT2D eigenvalue weighted by molar-refractivity contribution is 7.88. The molecule has 1 saturated heterocycles. The molecule has 0 atom stereocenters. The van der Waals surface area contributed by atoms with Gasteiger partial charge in [-0.25, -0.2) is 12.7 Å². The van der Waals surface area contributed by atoms with Crippen molar-refractivity contribution in [3.05, 3.63) is 59.9 Å². The molecule has 2 aromatic rings. The zero-order valence-electron chi connectivity index (χ0n) is 13.1. The molecule has 2 heterocycles. The van der Waals surface area contributed by atoms with Crippen LogP contribution in [-0.4, -0.2) is 43.7 Å². The van der Waals surface area contributed by atoms with Gasteiger partial charge in [0.15, 0.2) is 0 Å². The van der Waals surface area contributed by atoms with Crippen LogP contribution < -0.4 is 4.74 Å². The molecule has 0 amide bonds. The van der Waals surface area contributed by atoms with Crippen molar-refractivity contribution < 1.29 is 13.2 Å². The lowest BCUT2D eigenvalue weighted by Gasteiger charge is -2.36. The van der Waals surface area contributed by atoms with E-state index in [1.54, 1.807) is 6.20 Å². The monoisotopic (exact) mass is 332 g/mol. The summed E-state index contributed by atoms with van der Waals surface area (Å²) in [5.41, 5.74) is 2.38. The van der Waals surface area contributed by atoms with E-state index in [2.05, 4.69) is 11.1 Å². The summed E-state index contributed by atoms with van der Waals surface area (Å²) in [6.07, 6.45) is 5.73. The molecular formula is C17H20N2O3S. The first-order valence-corrected chi connectivity index (χ1v) is 9.41. The van der Waals surface area contributed by atoms with Crippen LogP contribution in [0.15, 0.2) is 48.8 Å². The number of benzene rings is 1. The normalized spacial score (nSPS) is 16.0. The molecule has 0 aliphatic carbocycles. The number of hydrogen-bond acceptors (Lipinski definition) is 4. The highest BCUT2D eigenvalue weighted by Gasteiger charge is 2.33. The summed E-state index contributed by atoms with van der Waals surface area (Å²) in [5.74, 6) is 1.09. The van der Waals surface area contributed by atoms with Crippen molar-refractivity contribution in [3.8, 4) is 5.75 Å². The van der Waals surface area contributed by atoms with E-state index in [9.17, 15) is 8.42 Å². The number of aromatic nitrogens is 1. The summed E-state index contributed by atoms with van der Waals surface area (Å²) >= 11 is 0. The minimum atomic E-state index is -3.04. The van der Waals surface area contributed by atoms with Crippen LogP contribution >= 0.6 is 0 Å². The van der Waals surface area contributed by atoms with Gasteiger partial charge < -0.3 is 4.74 Å². The van der Waals surface area contributed by atoms with E-state index in [-0.39, 0.29) is 5.92 Å². The van der Waals surface area contributed by atoms with Crippen LogP contribution in [0.3, 0.4) is 0 Å². The van der Waals surface area contributed by atoms with Gasteiger partial charge in [-0.05, 0) is 35.7 Å². The van der Waals surface area contributed by atoms with Gasteiger partial charge in [-0.3, -0.25) is 4.98 Å². The van der Waals surface area contributed by atoms with Crippen molar-refractivity contribution in [2.75, 3.05) is 26.0 Å². The minimum Gasteiger partial charge on any atom is -0.493 e. The molecule has 0 radical (unpaired) electrons. The lowest BCUT2D eigenvalue weighted by molar-refractivity contribution is 0.130. The topological polar surface area (TPSA) is 59.5 Å². The van der Waals surface area contributed by atoms with E-state index in [4.69, 9.17) is 4.74 Å². The zero-order chi connectivity index (χ0) is 16.3. The van der Waals surface area contributed by atoms with Gasteiger partial charge in [-0.2, -0.15) is 0 Å². The second-order valence-electron chi connectivity index (χ2n) is 5.94. The van der Waals surface area contributed by atoms with Crippen LogP contribution in [0, 0.1) is 5.92 Å². The summed E-state index contributed by atoms with van der Waals surface area (Å²) in [6.45, 7) is 1.66. The lowest BCUT2D eigenvalue weighted by atomic mass is 10.1. The average molecular weight is 332 g/mol. The highest BCUT2D eigenvalue weighted by Crippen LogP contribution is 2.21. The molecule has 1 aliphatic heterocycles. The van der Waals surface area contributed by atoms with Gasteiger partial charge in [0.25, 0.3) is 0 Å². The Morgan fingerprint density at radius 1 is 1.17 bits per heavy atom. The minimum absolute atomic E-state index is 0.278. The van der Waals surface area contributed by atoms with Gasteiger partial charge in [-0.15, -0.1) is 0 Å². The highest BCUT2D eigenvalue weighted by atomic mass is 32.2. The van der Waals surface area contributed by atoms with Crippen LogP contribution in [-0.2, 0) is 16.4 Å². The third kappa shape index (κ3) is 4.30. The predicted octanol–water partition coefficient (Wildman–Crippen LogP) is 1.94. The summed E-state index contributed by atoms with van der Waals surface area (Å²) in [7, 11) is -3.04. The van der Waals surface area contributed by atoms with Crippen molar-refractivity contribution in [2.45, 2.75) is 6.42 Å². The van der Waals surface area contributed by atoms with E-state index < -0.39 is 10.0 Å². The van der Waals surface area contributed by atoms with Crippen molar-refractivity contribution in [3.63, 3.8) is 0 Å². The Bertz CT molecular complexity index is 739. The molecule has 1 aromatic heterocycles. The van der Waals surface area contributed by atoms with Gasteiger partial charge >= 0.3 is 0 Å². The van der Waals surface area contributed by atoms with Gasteiger partial charge in [0.2, 0.25) is 10.0 Å². The van der Waals surface area contributed by atoms with Crippen molar-refractivity contribution in [1.29, 1.82) is 0 Å². The average Bonchev–Trinajstić information content (AvgIpc) is 2.47. The number of rotatable bonds is 6. The Kier molecular flexibility index (Phi) is 4.63. The second-order valence-corrected chi connectivity index (χ2v) is 7.92. The number of pyridine rings is 1. The SMILES string of the molecule is CS(=O)(=O)N1CC(COc2ccc(Cc3cccnc3)cc2)C1. The molecule has 1 fully saturated rings. The second kappa shape index (κ2) is 6.68. The van der Waals surface area contributed by atoms with Gasteiger partial charge in [0.05, 0.1) is 12.9 Å². The molecule has 1 aliphatic rings. The zero-order valence-corrected chi connectivity index (χ0v) is 13.9. The number of ether oxygens (including phenoxy) is 1. The summed E-state index contributed by atoms with van der Waals surface area (Å²) in [4.78, 5) is 4.11. The number of nitrogens with zero attached hydrogens (tertiary/aromatic N) is 2. The molecular weight excluding hydrogens is 312 g/mol. The molecule has 23 heavy (non-hydrogen) atoms. The Hall–Kier alpha value is -1.92. The van der Waals surface area contributed by atoms with Gasteiger partial charge in [0.1, 0.15) is 5.75 Å². The fourth-order valence-electron chi connectivity index (χ4n) is 2.55. The van der Waals surface area contributed by atoms with Crippen LogP contribution in [0.4, 0.5) is 0 Å². The molecule has 0 spiro atoms. The molecule has 1 aromatic carbocycles.